The Morgan fingerprint density at radius 3 is 2.43 bits per heavy atom. The lowest BCUT2D eigenvalue weighted by Crippen LogP contribution is -1.99. The molecule has 136 valence electrons. The molecule has 2 aromatic heterocycles. The minimum Gasteiger partial charge on any atom is -0.493 e. The van der Waals surface area contributed by atoms with Crippen molar-refractivity contribution < 1.29 is 13.9 Å². The SMILES string of the molecule is COc1cc2ncc(C#N)c(Nc3ccc(C#N)c4ccoc34)c2cc1OC. The summed E-state index contributed by atoms with van der Waals surface area (Å²) in [6, 6.07) is 13.0. The van der Waals surface area contributed by atoms with Crippen LogP contribution >= 0.6 is 0 Å². The van der Waals surface area contributed by atoms with E-state index >= 15 is 0 Å². The summed E-state index contributed by atoms with van der Waals surface area (Å²) in [5.41, 5.74) is 3.26. The first-order chi connectivity index (χ1) is 13.7. The normalized spacial score (nSPS) is 10.4. The Morgan fingerprint density at radius 1 is 0.964 bits per heavy atom. The Bertz CT molecular complexity index is 1300. The predicted molar refractivity (Wildman–Crippen MR) is 104 cm³/mol. The monoisotopic (exact) mass is 370 g/mol. The summed E-state index contributed by atoms with van der Waals surface area (Å²) in [4.78, 5) is 4.35. The maximum atomic E-state index is 9.59. The molecule has 0 atom stereocenters. The average Bonchev–Trinajstić information content (AvgIpc) is 3.23. The number of hydrogen-bond donors (Lipinski definition) is 1. The van der Waals surface area contributed by atoms with Crippen molar-refractivity contribution in [3.05, 3.63) is 53.9 Å². The number of anilines is 2. The number of nitrogens with one attached hydrogen (secondary N) is 1. The van der Waals surface area contributed by atoms with Crippen molar-refractivity contribution in [3.8, 4) is 23.6 Å². The molecule has 28 heavy (non-hydrogen) atoms. The summed E-state index contributed by atoms with van der Waals surface area (Å²) in [5.74, 6) is 1.07. The number of fused-ring (bicyclic) bond motifs is 2. The van der Waals surface area contributed by atoms with Gasteiger partial charge in [-0.2, -0.15) is 10.5 Å². The second-order valence-electron chi connectivity index (χ2n) is 5.94. The van der Waals surface area contributed by atoms with E-state index in [4.69, 9.17) is 13.9 Å². The van der Waals surface area contributed by atoms with Crippen molar-refractivity contribution in [1.82, 2.24) is 4.98 Å². The van der Waals surface area contributed by atoms with E-state index in [9.17, 15) is 10.5 Å². The van der Waals surface area contributed by atoms with Gasteiger partial charge in [-0.15, -0.1) is 0 Å². The van der Waals surface area contributed by atoms with Gasteiger partial charge in [0.1, 0.15) is 6.07 Å². The standard InChI is InChI=1S/C21H14N4O3/c1-26-18-7-15-17(8-19(18)27-2)24-11-13(10-23)20(15)25-16-4-3-12(9-22)14-5-6-28-21(14)16/h3-8,11H,1-2H3,(H,24,25). The van der Waals surface area contributed by atoms with E-state index in [0.29, 0.717) is 55.9 Å². The smallest absolute Gasteiger partial charge is 0.162 e. The molecule has 7 heteroatoms. The van der Waals surface area contributed by atoms with Crippen LogP contribution in [0.15, 0.2) is 47.2 Å². The molecule has 2 heterocycles. The molecule has 1 N–H and O–H groups in total. The number of furan rings is 1. The Hall–Kier alpha value is -4.23. The number of ether oxygens (including phenoxy) is 2. The lowest BCUT2D eigenvalue weighted by atomic mass is 10.1. The first kappa shape index (κ1) is 17.2. The van der Waals surface area contributed by atoms with E-state index in [1.54, 1.807) is 44.6 Å². The van der Waals surface area contributed by atoms with Crippen LogP contribution in [0.2, 0.25) is 0 Å². The largest absolute Gasteiger partial charge is 0.493 e. The number of hydrogen-bond acceptors (Lipinski definition) is 7. The van der Waals surface area contributed by atoms with Crippen molar-refractivity contribution in [2.75, 3.05) is 19.5 Å². The third-order valence-electron chi connectivity index (χ3n) is 4.49. The van der Waals surface area contributed by atoms with Crippen LogP contribution in [0.5, 0.6) is 11.5 Å². The molecule has 0 amide bonds. The first-order valence-corrected chi connectivity index (χ1v) is 8.32. The summed E-state index contributed by atoms with van der Waals surface area (Å²) in [7, 11) is 3.10. The molecule has 0 aliphatic carbocycles. The molecule has 0 saturated heterocycles. The summed E-state index contributed by atoms with van der Waals surface area (Å²) < 4.78 is 16.3. The molecular weight excluding hydrogens is 356 g/mol. The van der Waals surface area contributed by atoms with Crippen LogP contribution in [0.3, 0.4) is 0 Å². The van der Waals surface area contributed by atoms with Gasteiger partial charge < -0.3 is 19.2 Å². The van der Waals surface area contributed by atoms with Gasteiger partial charge in [0.25, 0.3) is 0 Å². The van der Waals surface area contributed by atoms with Crippen molar-refractivity contribution in [2.24, 2.45) is 0 Å². The fraction of sp³-hybridized carbons (Fsp3) is 0.0952. The van der Waals surface area contributed by atoms with Gasteiger partial charge in [-0.1, -0.05) is 0 Å². The van der Waals surface area contributed by atoms with Crippen LogP contribution in [0.1, 0.15) is 11.1 Å². The molecule has 0 fully saturated rings. The topological polar surface area (TPSA) is 104 Å². The summed E-state index contributed by atoms with van der Waals surface area (Å²) in [5, 5.41) is 23.5. The van der Waals surface area contributed by atoms with E-state index in [1.807, 2.05) is 0 Å². The summed E-state index contributed by atoms with van der Waals surface area (Å²) in [6.07, 6.45) is 3.03. The van der Waals surface area contributed by atoms with Gasteiger partial charge >= 0.3 is 0 Å². The molecule has 0 unspecified atom stereocenters. The molecule has 2 aromatic carbocycles. The number of rotatable bonds is 4. The summed E-state index contributed by atoms with van der Waals surface area (Å²) >= 11 is 0. The average molecular weight is 370 g/mol. The number of nitrogens with zero attached hydrogens (tertiary/aromatic N) is 3. The molecule has 0 saturated carbocycles. The van der Waals surface area contributed by atoms with Gasteiger partial charge in [-0.05, 0) is 24.3 Å². The van der Waals surface area contributed by atoms with Crippen molar-refractivity contribution >= 4 is 33.2 Å². The van der Waals surface area contributed by atoms with Gasteiger partial charge in [0.15, 0.2) is 17.1 Å². The van der Waals surface area contributed by atoms with E-state index in [2.05, 4.69) is 22.4 Å². The van der Waals surface area contributed by atoms with E-state index in [-0.39, 0.29) is 0 Å². The Kier molecular flexibility index (Phi) is 4.19. The Labute approximate surface area is 160 Å². The van der Waals surface area contributed by atoms with E-state index in [0.717, 1.165) is 0 Å². The van der Waals surface area contributed by atoms with Crippen molar-refractivity contribution in [3.63, 3.8) is 0 Å². The van der Waals surface area contributed by atoms with E-state index in [1.165, 1.54) is 12.5 Å². The maximum absolute atomic E-state index is 9.59. The van der Waals surface area contributed by atoms with Gasteiger partial charge in [0, 0.05) is 23.0 Å². The molecule has 0 aliphatic rings. The molecule has 7 nitrogen and oxygen atoms in total. The zero-order valence-corrected chi connectivity index (χ0v) is 15.1. The maximum Gasteiger partial charge on any atom is 0.162 e. The number of methoxy groups -OCH3 is 2. The third kappa shape index (κ3) is 2.63. The van der Waals surface area contributed by atoms with Crippen LogP contribution in [0.4, 0.5) is 11.4 Å². The lowest BCUT2D eigenvalue weighted by molar-refractivity contribution is 0.356. The van der Waals surface area contributed by atoms with Crippen LogP contribution in [0.25, 0.3) is 21.9 Å². The molecule has 0 spiro atoms. The molecular formula is C21H14N4O3. The van der Waals surface area contributed by atoms with Crippen molar-refractivity contribution in [1.29, 1.82) is 10.5 Å². The fourth-order valence-corrected chi connectivity index (χ4v) is 3.13. The van der Waals surface area contributed by atoms with Gasteiger partial charge in [0.2, 0.25) is 0 Å². The van der Waals surface area contributed by atoms with Gasteiger partial charge in [-0.25, -0.2) is 0 Å². The van der Waals surface area contributed by atoms with Crippen molar-refractivity contribution in [2.45, 2.75) is 0 Å². The number of benzene rings is 2. The highest BCUT2D eigenvalue weighted by atomic mass is 16.5. The highest BCUT2D eigenvalue weighted by Gasteiger charge is 2.16. The molecule has 4 rings (SSSR count). The van der Waals surface area contributed by atoms with Gasteiger partial charge in [0.05, 0.1) is 54.6 Å². The number of aromatic nitrogens is 1. The minimum absolute atomic E-state index is 0.365. The highest BCUT2D eigenvalue weighted by Crippen LogP contribution is 2.38. The number of nitriles is 2. The molecule has 0 bridgehead atoms. The van der Waals surface area contributed by atoms with E-state index < -0.39 is 0 Å². The molecule has 4 aromatic rings. The fourth-order valence-electron chi connectivity index (χ4n) is 3.13. The molecule has 0 radical (unpaired) electrons. The Balaban J connectivity index is 1.95. The van der Waals surface area contributed by atoms with Crippen LogP contribution in [-0.2, 0) is 0 Å². The first-order valence-electron chi connectivity index (χ1n) is 8.32. The molecule has 0 aliphatic heterocycles. The quantitative estimate of drug-likeness (QED) is 0.564. The van der Waals surface area contributed by atoms with Crippen LogP contribution in [-0.4, -0.2) is 19.2 Å². The lowest BCUT2D eigenvalue weighted by Gasteiger charge is -2.14. The number of pyridine rings is 1. The van der Waals surface area contributed by atoms with Gasteiger partial charge in [-0.3, -0.25) is 4.98 Å². The highest BCUT2D eigenvalue weighted by molar-refractivity contribution is 6.01. The Morgan fingerprint density at radius 2 is 1.71 bits per heavy atom. The predicted octanol–water partition coefficient (Wildman–Crippen LogP) is 4.49. The third-order valence-corrected chi connectivity index (χ3v) is 4.49. The second-order valence-corrected chi connectivity index (χ2v) is 5.94. The van der Waals surface area contributed by atoms with Crippen LogP contribution < -0.4 is 14.8 Å². The zero-order chi connectivity index (χ0) is 19.7. The summed E-state index contributed by atoms with van der Waals surface area (Å²) in [6.45, 7) is 0. The minimum atomic E-state index is 0.365. The zero-order valence-electron chi connectivity index (χ0n) is 15.1. The second kappa shape index (κ2) is 6.82. The van der Waals surface area contributed by atoms with Crippen LogP contribution in [0, 0.1) is 22.7 Å².